The number of rotatable bonds is 6. The summed E-state index contributed by atoms with van der Waals surface area (Å²) in [6.45, 7) is 4.48. The summed E-state index contributed by atoms with van der Waals surface area (Å²) in [5.41, 5.74) is 1.34. The van der Waals surface area contributed by atoms with Gasteiger partial charge in [0.05, 0.1) is 29.1 Å². The Morgan fingerprint density at radius 2 is 1.96 bits per heavy atom. The minimum atomic E-state index is -0.0991. The molecule has 2 amide bonds. The van der Waals surface area contributed by atoms with Crippen LogP contribution in [0.1, 0.15) is 19.8 Å². The summed E-state index contributed by atoms with van der Waals surface area (Å²) in [6.07, 6.45) is 4.95. The molecule has 1 aromatic carbocycles. The number of anilines is 2. The molecule has 1 aliphatic heterocycles. The van der Waals surface area contributed by atoms with Crippen LogP contribution in [-0.2, 0) is 16.1 Å². The van der Waals surface area contributed by atoms with E-state index in [1.807, 2.05) is 25.3 Å². The predicted octanol–water partition coefficient (Wildman–Crippen LogP) is 2.85. The van der Waals surface area contributed by atoms with Crippen LogP contribution in [0.2, 0.25) is 5.02 Å². The molecule has 0 atom stereocenters. The van der Waals surface area contributed by atoms with Crippen molar-refractivity contribution in [2.24, 2.45) is 5.92 Å². The number of piperidine rings is 1. The Hall–Kier alpha value is -2.38. The fraction of sp³-hybridized carbons (Fsp3) is 0.421. The van der Waals surface area contributed by atoms with E-state index in [0.29, 0.717) is 30.3 Å². The number of nitrogens with zero attached hydrogens (tertiary/aromatic N) is 3. The quantitative estimate of drug-likeness (QED) is 0.796. The number of hydrogen-bond donors (Lipinski definition) is 2. The maximum atomic E-state index is 12.4. The molecule has 0 unspecified atom stereocenters. The summed E-state index contributed by atoms with van der Waals surface area (Å²) in [5, 5.41) is 10.4. The highest BCUT2D eigenvalue weighted by Gasteiger charge is 2.26. The second-order valence-electron chi connectivity index (χ2n) is 6.65. The van der Waals surface area contributed by atoms with Crippen LogP contribution in [0.15, 0.2) is 36.7 Å². The van der Waals surface area contributed by atoms with E-state index in [1.165, 1.54) is 0 Å². The number of carbonyl (C=O) groups is 2. The van der Waals surface area contributed by atoms with Crippen molar-refractivity contribution in [2.75, 3.05) is 30.3 Å². The highest BCUT2D eigenvalue weighted by Crippen LogP contribution is 2.22. The van der Waals surface area contributed by atoms with Crippen LogP contribution < -0.4 is 10.6 Å². The van der Waals surface area contributed by atoms with Crippen LogP contribution in [0.5, 0.6) is 0 Å². The van der Waals surface area contributed by atoms with E-state index in [-0.39, 0.29) is 17.7 Å². The number of likely N-dealkylation sites (tertiary alicyclic amines) is 1. The molecule has 27 heavy (non-hydrogen) atoms. The maximum Gasteiger partial charge on any atom is 0.238 e. The van der Waals surface area contributed by atoms with E-state index in [0.717, 1.165) is 25.1 Å². The number of carbonyl (C=O) groups excluding carboxylic acids is 2. The van der Waals surface area contributed by atoms with Crippen LogP contribution in [0, 0.1) is 5.92 Å². The Morgan fingerprint density at radius 1 is 1.22 bits per heavy atom. The molecule has 1 aliphatic rings. The van der Waals surface area contributed by atoms with Gasteiger partial charge in [-0.05, 0) is 45.0 Å². The van der Waals surface area contributed by atoms with Gasteiger partial charge in [-0.25, -0.2) is 0 Å². The molecule has 7 nitrogen and oxygen atoms in total. The number of aryl methyl sites for hydroxylation is 1. The average Bonchev–Trinajstić information content (AvgIpc) is 3.12. The molecule has 2 aromatic rings. The zero-order valence-electron chi connectivity index (χ0n) is 15.3. The van der Waals surface area contributed by atoms with E-state index < -0.39 is 0 Å². The maximum absolute atomic E-state index is 12.4. The summed E-state index contributed by atoms with van der Waals surface area (Å²) in [4.78, 5) is 26.7. The molecular formula is C19H24ClN5O2. The molecule has 144 valence electrons. The topological polar surface area (TPSA) is 79.3 Å². The predicted molar refractivity (Wildman–Crippen MR) is 106 cm³/mol. The highest BCUT2D eigenvalue weighted by atomic mass is 35.5. The number of aromatic nitrogens is 2. The largest absolute Gasteiger partial charge is 0.324 e. The summed E-state index contributed by atoms with van der Waals surface area (Å²) >= 11 is 6.06. The smallest absolute Gasteiger partial charge is 0.238 e. The Bertz CT molecular complexity index is 799. The van der Waals surface area contributed by atoms with Gasteiger partial charge in [-0.1, -0.05) is 23.7 Å². The molecule has 0 radical (unpaired) electrons. The lowest BCUT2D eigenvalue weighted by Crippen LogP contribution is -2.41. The van der Waals surface area contributed by atoms with E-state index in [2.05, 4.69) is 20.6 Å². The van der Waals surface area contributed by atoms with Crippen molar-refractivity contribution in [1.82, 2.24) is 14.7 Å². The van der Waals surface area contributed by atoms with Crippen molar-refractivity contribution in [2.45, 2.75) is 26.3 Å². The van der Waals surface area contributed by atoms with Crippen molar-refractivity contribution < 1.29 is 9.59 Å². The number of hydrogen-bond acceptors (Lipinski definition) is 4. The van der Waals surface area contributed by atoms with Gasteiger partial charge in [0.2, 0.25) is 11.8 Å². The first-order valence-electron chi connectivity index (χ1n) is 9.15. The zero-order valence-corrected chi connectivity index (χ0v) is 16.1. The highest BCUT2D eigenvalue weighted by molar-refractivity contribution is 6.33. The zero-order chi connectivity index (χ0) is 19.2. The van der Waals surface area contributed by atoms with Crippen molar-refractivity contribution >= 4 is 34.8 Å². The van der Waals surface area contributed by atoms with Crippen LogP contribution in [0.25, 0.3) is 0 Å². The molecule has 0 spiro atoms. The van der Waals surface area contributed by atoms with Gasteiger partial charge in [-0.2, -0.15) is 5.10 Å². The minimum Gasteiger partial charge on any atom is -0.324 e. The lowest BCUT2D eigenvalue weighted by atomic mass is 9.96. The summed E-state index contributed by atoms with van der Waals surface area (Å²) in [7, 11) is 0. The van der Waals surface area contributed by atoms with Crippen LogP contribution in [-0.4, -0.2) is 46.1 Å². The normalized spacial score (nSPS) is 15.5. The van der Waals surface area contributed by atoms with Crippen LogP contribution in [0.3, 0.4) is 0 Å². The molecular weight excluding hydrogens is 366 g/mol. The Balaban J connectivity index is 1.43. The molecule has 0 saturated carbocycles. The van der Waals surface area contributed by atoms with E-state index in [4.69, 9.17) is 11.6 Å². The molecule has 2 heterocycles. The second-order valence-corrected chi connectivity index (χ2v) is 7.06. The molecule has 1 fully saturated rings. The second kappa shape index (κ2) is 9.01. The summed E-state index contributed by atoms with van der Waals surface area (Å²) in [5.74, 6) is -0.123. The lowest BCUT2D eigenvalue weighted by molar-refractivity contribution is -0.121. The van der Waals surface area contributed by atoms with Crippen molar-refractivity contribution in [3.05, 3.63) is 41.7 Å². The molecule has 3 rings (SSSR count). The average molecular weight is 390 g/mol. The minimum absolute atomic E-state index is 0.0193. The fourth-order valence-corrected chi connectivity index (χ4v) is 3.34. The molecule has 0 bridgehead atoms. The van der Waals surface area contributed by atoms with E-state index >= 15 is 0 Å². The third kappa shape index (κ3) is 5.30. The standard InChI is InChI=1S/C19H24ClN5O2/c1-2-25-12-15(11-21-25)22-19(27)14-7-9-24(10-8-14)13-18(26)23-17-6-4-3-5-16(17)20/h3-6,11-12,14H,2,7-10,13H2,1H3,(H,22,27)(H,23,26). The number of nitrogens with one attached hydrogen (secondary N) is 2. The third-order valence-electron chi connectivity index (χ3n) is 4.70. The van der Waals surface area contributed by atoms with Gasteiger partial charge in [0.1, 0.15) is 0 Å². The monoisotopic (exact) mass is 389 g/mol. The van der Waals surface area contributed by atoms with Gasteiger partial charge in [0.25, 0.3) is 0 Å². The number of amides is 2. The van der Waals surface area contributed by atoms with Gasteiger partial charge in [0.15, 0.2) is 0 Å². The summed E-state index contributed by atoms with van der Waals surface area (Å²) in [6, 6.07) is 7.17. The molecule has 8 heteroatoms. The Morgan fingerprint density at radius 3 is 2.63 bits per heavy atom. The molecule has 1 aromatic heterocycles. The van der Waals surface area contributed by atoms with Crippen LogP contribution >= 0.6 is 11.6 Å². The molecule has 2 N–H and O–H groups in total. The molecule has 0 aliphatic carbocycles. The first-order chi connectivity index (χ1) is 13.0. The summed E-state index contributed by atoms with van der Waals surface area (Å²) < 4.78 is 1.77. The first-order valence-corrected chi connectivity index (χ1v) is 9.53. The van der Waals surface area contributed by atoms with Crippen molar-refractivity contribution in [3.8, 4) is 0 Å². The Labute approximate surface area is 163 Å². The van der Waals surface area contributed by atoms with Gasteiger partial charge in [-0.15, -0.1) is 0 Å². The van der Waals surface area contributed by atoms with Crippen molar-refractivity contribution in [1.29, 1.82) is 0 Å². The third-order valence-corrected chi connectivity index (χ3v) is 5.03. The van der Waals surface area contributed by atoms with Gasteiger partial charge < -0.3 is 10.6 Å². The number of halogens is 1. The molecule has 1 saturated heterocycles. The van der Waals surface area contributed by atoms with Gasteiger partial charge >= 0.3 is 0 Å². The Kier molecular flexibility index (Phi) is 6.47. The van der Waals surface area contributed by atoms with Crippen molar-refractivity contribution in [3.63, 3.8) is 0 Å². The van der Waals surface area contributed by atoms with Crippen LogP contribution in [0.4, 0.5) is 11.4 Å². The number of para-hydroxylation sites is 1. The van der Waals surface area contributed by atoms with E-state index in [9.17, 15) is 9.59 Å². The van der Waals surface area contributed by atoms with E-state index in [1.54, 1.807) is 23.0 Å². The van der Waals surface area contributed by atoms with Gasteiger partial charge in [0, 0.05) is 18.7 Å². The lowest BCUT2D eigenvalue weighted by Gasteiger charge is -2.30. The fourth-order valence-electron chi connectivity index (χ4n) is 3.15. The van der Waals surface area contributed by atoms with Gasteiger partial charge in [-0.3, -0.25) is 19.2 Å². The number of benzene rings is 1. The SMILES string of the molecule is CCn1cc(NC(=O)C2CCN(CC(=O)Nc3ccccc3Cl)CC2)cn1. The first kappa shape index (κ1) is 19.4.